The van der Waals surface area contributed by atoms with Crippen LogP contribution in [-0.2, 0) is 14.2 Å². The molecule has 3 N–H and O–H groups in total. The largest absolute Gasteiger partial charge is 0.453 e. The number of carbonyl (C=O) groups excluding carboxylic acids is 2. The van der Waals surface area contributed by atoms with Gasteiger partial charge in [0.1, 0.15) is 6.10 Å². The third kappa shape index (κ3) is 8.96. The summed E-state index contributed by atoms with van der Waals surface area (Å²) >= 11 is 6.32. The van der Waals surface area contributed by atoms with Crippen molar-refractivity contribution in [2.24, 2.45) is 17.8 Å². The lowest BCUT2D eigenvalue weighted by atomic mass is 9.80. The molecule has 3 amide bonds. The van der Waals surface area contributed by atoms with Gasteiger partial charge in [0.25, 0.3) is 0 Å². The van der Waals surface area contributed by atoms with E-state index in [1.165, 1.54) is 26.4 Å². The number of benzene rings is 1. The molecule has 0 aromatic heterocycles. The van der Waals surface area contributed by atoms with E-state index in [4.69, 9.17) is 21.1 Å². The Bertz CT molecular complexity index is 975. The van der Waals surface area contributed by atoms with E-state index in [0.717, 1.165) is 44.1 Å². The number of halogens is 1. The number of ether oxygens (including phenoxy) is 3. The second kappa shape index (κ2) is 16.0. The van der Waals surface area contributed by atoms with Gasteiger partial charge >= 0.3 is 12.1 Å². The fraction of sp³-hybridized carbons (Fsp3) is 0.742. The smallest absolute Gasteiger partial charge is 0.406 e. The molecule has 230 valence electrons. The Hall–Kier alpha value is -2.07. The van der Waals surface area contributed by atoms with Crippen molar-refractivity contribution in [1.29, 1.82) is 0 Å². The summed E-state index contributed by atoms with van der Waals surface area (Å²) in [5.74, 6) is 0.892. The van der Waals surface area contributed by atoms with Crippen molar-refractivity contribution in [2.45, 2.75) is 89.1 Å². The molecular formula is C31H48ClN3O6. The second-order valence-corrected chi connectivity index (χ2v) is 12.3. The first kappa shape index (κ1) is 31.9. The molecule has 3 unspecified atom stereocenters. The average molecular weight is 594 g/mol. The molecule has 1 saturated carbocycles. The van der Waals surface area contributed by atoms with Gasteiger partial charge < -0.3 is 34.9 Å². The molecule has 9 nitrogen and oxygen atoms in total. The van der Waals surface area contributed by atoms with E-state index in [1.54, 1.807) is 0 Å². The van der Waals surface area contributed by atoms with Crippen molar-refractivity contribution in [1.82, 2.24) is 15.5 Å². The summed E-state index contributed by atoms with van der Waals surface area (Å²) in [5, 5.41) is 17.9. The van der Waals surface area contributed by atoms with E-state index in [0.29, 0.717) is 49.7 Å². The number of rotatable bonds is 12. The van der Waals surface area contributed by atoms with Crippen molar-refractivity contribution in [2.75, 3.05) is 40.0 Å². The third-order valence-electron chi connectivity index (χ3n) is 9.07. The fourth-order valence-electron chi connectivity index (χ4n) is 6.66. The van der Waals surface area contributed by atoms with E-state index in [-0.39, 0.29) is 30.2 Å². The Balaban J connectivity index is 1.42. The van der Waals surface area contributed by atoms with Crippen LogP contribution < -0.4 is 10.6 Å². The Kier molecular flexibility index (Phi) is 12.4. The molecule has 1 aromatic rings. The number of carbonyl (C=O) groups is 2. The van der Waals surface area contributed by atoms with Crippen LogP contribution in [0.1, 0.15) is 76.4 Å². The van der Waals surface area contributed by atoms with E-state index in [1.807, 2.05) is 29.2 Å². The number of likely N-dealkylation sites (tertiary alicyclic amines) is 1. The van der Waals surface area contributed by atoms with Crippen LogP contribution in [0.3, 0.4) is 0 Å². The number of aliphatic hydroxyl groups excluding tert-OH is 1. The molecule has 3 fully saturated rings. The maximum Gasteiger partial charge on any atom is 0.406 e. The summed E-state index contributed by atoms with van der Waals surface area (Å²) in [6, 6.07) is 7.14. The molecular weight excluding hydrogens is 546 g/mol. The maximum atomic E-state index is 13.7. The van der Waals surface area contributed by atoms with Crippen LogP contribution in [0.15, 0.2) is 24.3 Å². The monoisotopic (exact) mass is 593 g/mol. The Morgan fingerprint density at radius 1 is 1.20 bits per heavy atom. The highest BCUT2D eigenvalue weighted by Crippen LogP contribution is 2.35. The minimum absolute atomic E-state index is 0.0484. The van der Waals surface area contributed by atoms with Crippen LogP contribution in [0.2, 0.25) is 5.02 Å². The van der Waals surface area contributed by atoms with Crippen LogP contribution in [0.4, 0.5) is 9.59 Å². The van der Waals surface area contributed by atoms with Gasteiger partial charge in [-0.1, -0.05) is 62.8 Å². The van der Waals surface area contributed by atoms with Crippen molar-refractivity contribution < 1.29 is 28.9 Å². The summed E-state index contributed by atoms with van der Waals surface area (Å²) in [6.45, 7) is 4.58. The summed E-state index contributed by atoms with van der Waals surface area (Å²) < 4.78 is 16.7. The quantitative estimate of drug-likeness (QED) is 0.284. The number of nitrogens with zero attached hydrogens (tertiary/aromatic N) is 1. The van der Waals surface area contributed by atoms with Gasteiger partial charge in [-0.15, -0.1) is 0 Å². The normalized spacial score (nSPS) is 25.5. The molecule has 4 rings (SSSR count). The van der Waals surface area contributed by atoms with Gasteiger partial charge in [-0.3, -0.25) is 0 Å². The topological polar surface area (TPSA) is 109 Å². The molecule has 2 heterocycles. The molecule has 6 atom stereocenters. The van der Waals surface area contributed by atoms with Gasteiger partial charge in [0.2, 0.25) is 0 Å². The summed E-state index contributed by atoms with van der Waals surface area (Å²) in [4.78, 5) is 27.0. The van der Waals surface area contributed by atoms with Gasteiger partial charge in [-0.2, -0.15) is 0 Å². The Morgan fingerprint density at radius 3 is 2.68 bits per heavy atom. The molecule has 41 heavy (non-hydrogen) atoms. The third-order valence-corrected chi connectivity index (χ3v) is 9.30. The van der Waals surface area contributed by atoms with Gasteiger partial charge in [0.15, 0.2) is 0 Å². The predicted octanol–water partition coefficient (Wildman–Crippen LogP) is 5.30. The van der Waals surface area contributed by atoms with E-state index >= 15 is 0 Å². The first-order valence-corrected chi connectivity index (χ1v) is 15.8. The molecule has 0 bridgehead atoms. The van der Waals surface area contributed by atoms with Gasteiger partial charge in [-0.05, 0) is 49.3 Å². The fourth-order valence-corrected chi connectivity index (χ4v) is 6.86. The first-order valence-electron chi connectivity index (χ1n) is 15.4. The number of urea groups is 1. The number of hydrogen-bond donors (Lipinski definition) is 3. The Morgan fingerprint density at radius 2 is 2.00 bits per heavy atom. The zero-order chi connectivity index (χ0) is 29.2. The summed E-state index contributed by atoms with van der Waals surface area (Å²) in [5.41, 5.74) is 0.946. The Labute approximate surface area is 249 Å². The maximum absolute atomic E-state index is 13.7. The number of piperidine rings is 1. The van der Waals surface area contributed by atoms with Gasteiger partial charge in [-0.25, -0.2) is 9.59 Å². The van der Waals surface area contributed by atoms with E-state index in [9.17, 15) is 14.7 Å². The van der Waals surface area contributed by atoms with E-state index in [2.05, 4.69) is 22.3 Å². The number of hydrogen-bond acceptors (Lipinski definition) is 6. The number of methoxy groups -OCH3 is 1. The van der Waals surface area contributed by atoms with Crippen LogP contribution in [-0.4, -0.2) is 80.3 Å². The van der Waals surface area contributed by atoms with Gasteiger partial charge in [0, 0.05) is 36.5 Å². The molecule has 2 aliphatic heterocycles. The predicted molar refractivity (Wildman–Crippen MR) is 158 cm³/mol. The first-order chi connectivity index (χ1) is 19.9. The standard InChI is InChI=1S/C31H48ClN3O6/c1-3-22-20-41-29(22)27(36)26(17-21-9-5-4-6-10-21)34-30(37)35-15-8-12-24(19-35)28(23-11-7-13-25(32)18-23)40-16-14-33-31(38)39-2/h7,11,13,18,21-22,24,26-29,36H,3-6,8-10,12,14-17,19-20H2,1-2H3,(H,33,38)(H,34,37)/t22?,24?,26-,27+,28?,29-/m0/s1. The summed E-state index contributed by atoms with van der Waals surface area (Å²) in [6.07, 6.45) is 7.74. The lowest BCUT2D eigenvalue weighted by Crippen LogP contribution is -2.59. The van der Waals surface area contributed by atoms with Crippen LogP contribution >= 0.6 is 11.6 Å². The van der Waals surface area contributed by atoms with Crippen LogP contribution in [0.5, 0.6) is 0 Å². The number of amides is 3. The number of aliphatic hydroxyl groups is 1. The second-order valence-electron chi connectivity index (χ2n) is 11.9. The van der Waals surface area contributed by atoms with E-state index < -0.39 is 12.2 Å². The van der Waals surface area contributed by atoms with Crippen molar-refractivity contribution in [3.63, 3.8) is 0 Å². The minimum Gasteiger partial charge on any atom is -0.453 e. The zero-order valence-corrected chi connectivity index (χ0v) is 25.3. The lowest BCUT2D eigenvalue weighted by molar-refractivity contribution is -0.175. The highest BCUT2D eigenvalue weighted by molar-refractivity contribution is 6.30. The molecule has 10 heteroatoms. The number of nitrogens with one attached hydrogen (secondary N) is 2. The zero-order valence-electron chi connectivity index (χ0n) is 24.6. The lowest BCUT2D eigenvalue weighted by Gasteiger charge is -2.44. The minimum atomic E-state index is -0.718. The van der Waals surface area contributed by atoms with Crippen LogP contribution in [0.25, 0.3) is 0 Å². The SMILES string of the molecule is CCC1CO[C@@H]1[C@H](O)[C@H](CC1CCCCC1)NC(=O)N1CCCC(C(OCCNC(=O)OC)c2cccc(Cl)c2)C1. The van der Waals surface area contributed by atoms with Crippen molar-refractivity contribution >= 4 is 23.7 Å². The summed E-state index contributed by atoms with van der Waals surface area (Å²) in [7, 11) is 1.33. The highest BCUT2D eigenvalue weighted by atomic mass is 35.5. The van der Waals surface area contributed by atoms with Crippen molar-refractivity contribution in [3.05, 3.63) is 34.9 Å². The molecule has 0 spiro atoms. The van der Waals surface area contributed by atoms with Crippen molar-refractivity contribution in [3.8, 4) is 0 Å². The average Bonchev–Trinajstić information content (AvgIpc) is 2.97. The molecule has 2 saturated heterocycles. The van der Waals surface area contributed by atoms with Gasteiger partial charge in [0.05, 0.1) is 38.6 Å². The number of alkyl carbamates (subject to hydrolysis) is 1. The molecule has 1 aromatic carbocycles. The molecule has 3 aliphatic rings. The molecule has 1 aliphatic carbocycles. The van der Waals surface area contributed by atoms with Crippen LogP contribution in [0, 0.1) is 17.8 Å². The highest BCUT2D eigenvalue weighted by Gasteiger charge is 2.42. The molecule has 0 radical (unpaired) electrons.